The SMILES string of the molecule is NNc1c(C(=O)O)ccc(CCOP(=O)(O)O)c1CCOP(=O)(O)O. The van der Waals surface area contributed by atoms with Crippen LogP contribution in [0.3, 0.4) is 0 Å². The summed E-state index contributed by atoms with van der Waals surface area (Å²) in [5, 5.41) is 9.17. The summed E-state index contributed by atoms with van der Waals surface area (Å²) in [5.74, 6) is 4.06. The number of aromatic carboxylic acids is 1. The van der Waals surface area contributed by atoms with Crippen molar-refractivity contribution >= 4 is 27.3 Å². The number of nitrogen functional groups attached to an aromatic ring is 1. The van der Waals surface area contributed by atoms with Crippen molar-refractivity contribution in [3.05, 3.63) is 28.8 Å². The molecule has 0 aliphatic heterocycles. The summed E-state index contributed by atoms with van der Waals surface area (Å²) in [7, 11) is -9.38. The van der Waals surface area contributed by atoms with Gasteiger partial charge in [0.15, 0.2) is 0 Å². The van der Waals surface area contributed by atoms with E-state index in [1.54, 1.807) is 0 Å². The highest BCUT2D eigenvalue weighted by Crippen LogP contribution is 2.37. The molecule has 0 bridgehead atoms. The van der Waals surface area contributed by atoms with E-state index in [2.05, 4.69) is 14.5 Å². The molecule has 8 N–H and O–H groups in total. The lowest BCUT2D eigenvalue weighted by molar-refractivity contribution is 0.0697. The number of nitrogens with two attached hydrogens (primary N) is 1. The van der Waals surface area contributed by atoms with E-state index in [-0.39, 0.29) is 36.3 Å². The number of carboxylic acid groups (broad SMARTS) is 1. The van der Waals surface area contributed by atoms with Gasteiger partial charge in [0, 0.05) is 0 Å². The van der Waals surface area contributed by atoms with E-state index >= 15 is 0 Å². The molecule has 0 saturated carbocycles. The summed E-state index contributed by atoms with van der Waals surface area (Å²) < 4.78 is 30.1. The first-order valence-corrected chi connectivity index (χ1v) is 9.75. The molecule has 0 spiro atoms. The van der Waals surface area contributed by atoms with E-state index in [4.69, 9.17) is 25.4 Å². The summed E-state index contributed by atoms with van der Waals surface area (Å²) in [4.78, 5) is 46.0. The van der Waals surface area contributed by atoms with Gasteiger partial charge in [0.05, 0.1) is 24.5 Å². The Morgan fingerprint density at radius 3 is 2.00 bits per heavy atom. The third-order valence-corrected chi connectivity index (χ3v) is 4.06. The topological polar surface area (TPSA) is 209 Å². The Morgan fingerprint density at radius 2 is 1.56 bits per heavy atom. The van der Waals surface area contributed by atoms with Crippen LogP contribution in [-0.4, -0.2) is 43.9 Å². The van der Waals surface area contributed by atoms with E-state index in [1.807, 2.05) is 0 Å². The van der Waals surface area contributed by atoms with Crippen LogP contribution in [0.4, 0.5) is 5.69 Å². The molecule has 0 amide bonds. The Morgan fingerprint density at radius 1 is 1.04 bits per heavy atom. The Labute approximate surface area is 142 Å². The van der Waals surface area contributed by atoms with Gasteiger partial charge in [0.1, 0.15) is 0 Å². The van der Waals surface area contributed by atoms with Gasteiger partial charge in [-0.1, -0.05) is 6.07 Å². The molecule has 25 heavy (non-hydrogen) atoms. The summed E-state index contributed by atoms with van der Waals surface area (Å²) in [6.45, 7) is -0.804. The number of phosphoric ester groups is 2. The largest absolute Gasteiger partial charge is 0.478 e. The van der Waals surface area contributed by atoms with Gasteiger partial charge in [0.25, 0.3) is 0 Å². The molecule has 0 aliphatic rings. The molecule has 0 aliphatic carbocycles. The number of hydrogen-bond acceptors (Lipinski definition) is 7. The van der Waals surface area contributed by atoms with Gasteiger partial charge in [-0.3, -0.25) is 14.9 Å². The zero-order valence-corrected chi connectivity index (χ0v) is 14.5. The van der Waals surface area contributed by atoms with E-state index in [1.165, 1.54) is 12.1 Å². The molecule has 0 saturated heterocycles. The summed E-state index contributed by atoms with van der Waals surface area (Å²) >= 11 is 0. The fourth-order valence-electron chi connectivity index (χ4n) is 2.09. The minimum Gasteiger partial charge on any atom is -0.478 e. The first-order chi connectivity index (χ1) is 11.4. The Balaban J connectivity index is 3.10. The average Bonchev–Trinajstić information content (AvgIpc) is 2.45. The number of carboxylic acids is 1. The second kappa shape index (κ2) is 8.86. The second-order valence-corrected chi connectivity index (χ2v) is 7.20. The molecule has 0 unspecified atom stereocenters. The number of benzene rings is 1. The predicted octanol–water partition coefficient (Wildman–Crippen LogP) is -0.0260. The van der Waals surface area contributed by atoms with Crippen molar-refractivity contribution in [1.82, 2.24) is 0 Å². The van der Waals surface area contributed by atoms with Crippen LogP contribution in [0.25, 0.3) is 0 Å². The van der Waals surface area contributed by atoms with Crippen molar-refractivity contribution in [2.75, 3.05) is 18.6 Å². The monoisotopic (exact) mass is 400 g/mol. The number of carbonyl (C=O) groups is 1. The zero-order valence-electron chi connectivity index (χ0n) is 12.7. The molecule has 0 aromatic heterocycles. The van der Waals surface area contributed by atoms with Crippen LogP contribution in [0.5, 0.6) is 0 Å². The number of hydrazine groups is 1. The molecular formula is C11H18N2O10P2. The first kappa shape index (κ1) is 21.7. The van der Waals surface area contributed by atoms with Gasteiger partial charge in [-0.2, -0.15) is 0 Å². The van der Waals surface area contributed by atoms with Gasteiger partial charge >= 0.3 is 21.6 Å². The van der Waals surface area contributed by atoms with Crippen molar-refractivity contribution in [3.63, 3.8) is 0 Å². The molecule has 14 heteroatoms. The molecular weight excluding hydrogens is 382 g/mol. The standard InChI is InChI=1S/C11H18N2O10P2/c12-13-10-8(4-6-23-25(19,20)21)7(1-2-9(10)11(14)15)3-5-22-24(16,17)18/h1-2,13H,3-6,12H2,(H,14,15)(H2,16,17,18)(H2,19,20,21). The average molecular weight is 400 g/mol. The maximum Gasteiger partial charge on any atom is 0.469 e. The molecule has 0 atom stereocenters. The molecule has 1 rings (SSSR count). The van der Waals surface area contributed by atoms with Gasteiger partial charge in [-0.25, -0.2) is 13.9 Å². The second-order valence-electron chi connectivity index (χ2n) is 4.72. The number of hydrogen-bond donors (Lipinski definition) is 7. The molecule has 1 aromatic carbocycles. The van der Waals surface area contributed by atoms with Crippen LogP contribution < -0.4 is 11.3 Å². The molecule has 0 radical (unpaired) electrons. The summed E-state index contributed by atoms with van der Waals surface area (Å²) in [6, 6.07) is 2.62. The number of rotatable bonds is 10. The highest BCUT2D eigenvalue weighted by molar-refractivity contribution is 7.46. The maximum absolute atomic E-state index is 11.2. The van der Waals surface area contributed by atoms with Gasteiger partial charge in [-0.05, 0) is 30.0 Å². The fourth-order valence-corrected chi connectivity index (χ4v) is 2.75. The maximum atomic E-state index is 11.2. The predicted molar refractivity (Wildman–Crippen MR) is 84.6 cm³/mol. The fraction of sp³-hybridized carbons (Fsp3) is 0.364. The van der Waals surface area contributed by atoms with Crippen LogP contribution in [-0.2, 0) is 31.0 Å². The highest BCUT2D eigenvalue weighted by atomic mass is 31.2. The quantitative estimate of drug-likeness (QED) is 0.157. The normalized spacial score (nSPS) is 12.2. The van der Waals surface area contributed by atoms with Crippen molar-refractivity contribution in [1.29, 1.82) is 0 Å². The lowest BCUT2D eigenvalue weighted by Crippen LogP contribution is -2.17. The molecule has 12 nitrogen and oxygen atoms in total. The van der Waals surface area contributed by atoms with Crippen LogP contribution in [0, 0.1) is 0 Å². The Bertz CT molecular complexity index is 713. The van der Waals surface area contributed by atoms with E-state index < -0.39 is 28.2 Å². The van der Waals surface area contributed by atoms with Crippen LogP contribution in [0.15, 0.2) is 12.1 Å². The first-order valence-electron chi connectivity index (χ1n) is 6.69. The van der Waals surface area contributed by atoms with Crippen molar-refractivity contribution in [2.24, 2.45) is 5.84 Å². The highest BCUT2D eigenvalue weighted by Gasteiger charge is 2.20. The Kier molecular flexibility index (Phi) is 7.69. The molecule has 0 fully saturated rings. The van der Waals surface area contributed by atoms with Crippen LogP contribution in [0.2, 0.25) is 0 Å². The number of anilines is 1. The molecule has 0 heterocycles. The van der Waals surface area contributed by atoms with Crippen molar-refractivity contribution < 1.29 is 47.7 Å². The molecule has 142 valence electrons. The van der Waals surface area contributed by atoms with E-state index in [0.717, 1.165) is 0 Å². The molecule has 1 aromatic rings. The van der Waals surface area contributed by atoms with Gasteiger partial charge in [-0.15, -0.1) is 0 Å². The third kappa shape index (κ3) is 7.61. The van der Waals surface area contributed by atoms with Crippen LogP contribution in [0.1, 0.15) is 21.5 Å². The minimum atomic E-state index is -4.71. The van der Waals surface area contributed by atoms with Crippen LogP contribution >= 0.6 is 15.6 Å². The lowest BCUT2D eigenvalue weighted by atomic mass is 9.96. The van der Waals surface area contributed by atoms with E-state index in [0.29, 0.717) is 5.56 Å². The number of phosphoric acid groups is 2. The van der Waals surface area contributed by atoms with Gasteiger partial charge < -0.3 is 30.1 Å². The van der Waals surface area contributed by atoms with Crippen molar-refractivity contribution in [3.8, 4) is 0 Å². The summed E-state index contributed by atoms with van der Waals surface area (Å²) in [5.41, 5.74) is 2.71. The van der Waals surface area contributed by atoms with E-state index in [9.17, 15) is 19.0 Å². The number of nitrogens with one attached hydrogen (secondary N) is 1. The smallest absolute Gasteiger partial charge is 0.469 e. The van der Waals surface area contributed by atoms with Gasteiger partial charge in [0.2, 0.25) is 0 Å². The minimum absolute atomic E-state index is 0.00417. The lowest BCUT2D eigenvalue weighted by Gasteiger charge is -2.17. The summed E-state index contributed by atoms with van der Waals surface area (Å²) in [6.07, 6.45) is -0.123. The third-order valence-electron chi connectivity index (χ3n) is 3.03. The van der Waals surface area contributed by atoms with Crippen molar-refractivity contribution in [2.45, 2.75) is 12.8 Å². The Hall–Kier alpha value is -1.33. The zero-order chi connectivity index (χ0) is 19.3.